The van der Waals surface area contributed by atoms with Crippen LogP contribution in [0.25, 0.3) is 10.2 Å². The Kier molecular flexibility index (Phi) is 3.93. The first-order chi connectivity index (χ1) is 10.9. The van der Waals surface area contributed by atoms with E-state index in [0.717, 1.165) is 24.2 Å². The van der Waals surface area contributed by atoms with Gasteiger partial charge in [0.15, 0.2) is 6.10 Å². The van der Waals surface area contributed by atoms with Gasteiger partial charge in [-0.05, 0) is 39.2 Å². The van der Waals surface area contributed by atoms with Gasteiger partial charge in [-0.25, -0.2) is 9.78 Å². The van der Waals surface area contributed by atoms with Crippen molar-refractivity contribution in [2.24, 2.45) is 0 Å². The van der Waals surface area contributed by atoms with E-state index in [1.165, 1.54) is 6.92 Å². The Hall–Kier alpha value is -2.22. The standard InChI is InChI=1S/C15H17N3O4S/c1-6-10-13(20)16-8(3)17-14(10)23-11(6)15(21)22-7(2)12(19)18-9-4-5-9/h7,9H,4-5H2,1-3H3,(H,18,19)(H,16,17,20). The molecule has 122 valence electrons. The molecule has 2 heterocycles. The molecule has 2 aromatic heterocycles. The van der Waals surface area contributed by atoms with E-state index < -0.39 is 12.1 Å². The number of nitrogens with zero attached hydrogens (tertiary/aromatic N) is 1. The molecule has 1 aliphatic carbocycles. The van der Waals surface area contributed by atoms with Crippen LogP contribution >= 0.6 is 11.3 Å². The molecular formula is C15H17N3O4S. The van der Waals surface area contributed by atoms with Crippen LogP contribution in [0.15, 0.2) is 4.79 Å². The molecule has 1 amide bonds. The minimum absolute atomic E-state index is 0.209. The van der Waals surface area contributed by atoms with Crippen LogP contribution in [-0.4, -0.2) is 34.0 Å². The van der Waals surface area contributed by atoms with Crippen LogP contribution in [0.2, 0.25) is 0 Å². The fourth-order valence-corrected chi connectivity index (χ4v) is 3.37. The predicted octanol–water partition coefficient (Wildman–Crippen LogP) is 1.43. The van der Waals surface area contributed by atoms with Crippen molar-refractivity contribution in [3.63, 3.8) is 0 Å². The third-order valence-corrected chi connectivity index (χ3v) is 4.85. The number of amides is 1. The van der Waals surface area contributed by atoms with Gasteiger partial charge < -0.3 is 15.0 Å². The van der Waals surface area contributed by atoms with Gasteiger partial charge in [0.05, 0.1) is 5.39 Å². The van der Waals surface area contributed by atoms with Crippen LogP contribution in [0.5, 0.6) is 0 Å². The number of aromatic amines is 1. The number of nitrogens with one attached hydrogen (secondary N) is 2. The average molecular weight is 335 g/mol. The van der Waals surface area contributed by atoms with Crippen molar-refractivity contribution >= 4 is 33.4 Å². The molecule has 2 N–H and O–H groups in total. The highest BCUT2D eigenvalue weighted by atomic mass is 32.1. The van der Waals surface area contributed by atoms with Gasteiger partial charge in [0.2, 0.25) is 0 Å². The first kappa shape index (κ1) is 15.7. The Balaban J connectivity index is 1.83. The summed E-state index contributed by atoms with van der Waals surface area (Å²) in [6.07, 6.45) is 1.06. The Morgan fingerprint density at radius 1 is 1.39 bits per heavy atom. The molecule has 3 rings (SSSR count). The zero-order valence-corrected chi connectivity index (χ0v) is 13.9. The van der Waals surface area contributed by atoms with Crippen LogP contribution in [-0.2, 0) is 9.53 Å². The summed E-state index contributed by atoms with van der Waals surface area (Å²) in [6.45, 7) is 4.89. The lowest BCUT2D eigenvalue weighted by Gasteiger charge is -2.12. The maximum absolute atomic E-state index is 12.3. The lowest BCUT2D eigenvalue weighted by molar-refractivity contribution is -0.129. The molecular weight excluding hydrogens is 318 g/mol. The zero-order chi connectivity index (χ0) is 16.7. The fraction of sp³-hybridized carbons (Fsp3) is 0.467. The lowest BCUT2D eigenvalue weighted by atomic mass is 10.2. The van der Waals surface area contributed by atoms with E-state index >= 15 is 0 Å². The Morgan fingerprint density at radius 2 is 2.09 bits per heavy atom. The molecule has 0 aliphatic heterocycles. The topological polar surface area (TPSA) is 101 Å². The number of ether oxygens (including phenoxy) is 1. The van der Waals surface area contributed by atoms with Crippen LogP contribution in [0.4, 0.5) is 0 Å². The SMILES string of the molecule is Cc1nc2sc(C(=O)OC(C)C(=O)NC3CC3)c(C)c2c(=O)[nH]1. The van der Waals surface area contributed by atoms with Crippen LogP contribution in [0.3, 0.4) is 0 Å². The Bertz CT molecular complexity index is 850. The van der Waals surface area contributed by atoms with Gasteiger partial charge >= 0.3 is 5.97 Å². The normalized spacial score (nSPS) is 15.4. The summed E-state index contributed by atoms with van der Waals surface area (Å²) in [5.41, 5.74) is 0.248. The summed E-state index contributed by atoms with van der Waals surface area (Å²) >= 11 is 1.10. The molecule has 1 atom stereocenters. The second-order valence-electron chi connectivity index (χ2n) is 5.72. The number of fused-ring (bicyclic) bond motifs is 1. The second-order valence-corrected chi connectivity index (χ2v) is 6.72. The number of hydrogen-bond donors (Lipinski definition) is 2. The number of aryl methyl sites for hydroxylation is 2. The van der Waals surface area contributed by atoms with Crippen molar-refractivity contribution in [1.29, 1.82) is 0 Å². The van der Waals surface area contributed by atoms with Crippen molar-refractivity contribution in [2.75, 3.05) is 0 Å². The largest absolute Gasteiger partial charge is 0.448 e. The summed E-state index contributed by atoms with van der Waals surface area (Å²) in [5.74, 6) is -0.423. The highest BCUT2D eigenvalue weighted by Gasteiger charge is 2.28. The summed E-state index contributed by atoms with van der Waals surface area (Å²) < 4.78 is 5.23. The van der Waals surface area contributed by atoms with Gasteiger partial charge in [-0.3, -0.25) is 9.59 Å². The van der Waals surface area contributed by atoms with Gasteiger partial charge in [-0.15, -0.1) is 11.3 Å². The molecule has 7 nitrogen and oxygen atoms in total. The fourth-order valence-electron chi connectivity index (χ4n) is 2.26. The van der Waals surface area contributed by atoms with Crippen molar-refractivity contribution < 1.29 is 14.3 Å². The van der Waals surface area contributed by atoms with Crippen LogP contribution < -0.4 is 10.9 Å². The number of aromatic nitrogens is 2. The first-order valence-corrected chi connectivity index (χ1v) is 8.20. The Labute approximate surface area is 136 Å². The van der Waals surface area contributed by atoms with E-state index in [2.05, 4.69) is 15.3 Å². The minimum atomic E-state index is -0.874. The number of carbonyl (C=O) groups excluding carboxylic acids is 2. The van der Waals surface area contributed by atoms with Gasteiger partial charge in [-0.2, -0.15) is 0 Å². The van der Waals surface area contributed by atoms with Gasteiger partial charge in [0, 0.05) is 6.04 Å². The van der Waals surface area contributed by atoms with Crippen molar-refractivity contribution in [3.05, 3.63) is 26.6 Å². The first-order valence-electron chi connectivity index (χ1n) is 7.38. The number of H-pyrrole nitrogens is 1. The number of thiophene rings is 1. The molecule has 1 unspecified atom stereocenters. The molecule has 2 aromatic rings. The summed E-state index contributed by atoms with van der Waals surface area (Å²) in [4.78, 5) is 43.8. The van der Waals surface area contributed by atoms with E-state index in [1.807, 2.05) is 0 Å². The highest BCUT2D eigenvalue weighted by Crippen LogP contribution is 2.28. The third-order valence-electron chi connectivity index (χ3n) is 3.68. The molecule has 1 saturated carbocycles. The molecule has 1 fully saturated rings. The number of esters is 1. The summed E-state index contributed by atoms with van der Waals surface area (Å²) in [5, 5.41) is 3.18. The summed E-state index contributed by atoms with van der Waals surface area (Å²) in [7, 11) is 0. The quantitative estimate of drug-likeness (QED) is 0.823. The lowest BCUT2D eigenvalue weighted by Crippen LogP contribution is -2.37. The van der Waals surface area contributed by atoms with E-state index in [9.17, 15) is 14.4 Å². The maximum atomic E-state index is 12.3. The van der Waals surface area contributed by atoms with E-state index in [4.69, 9.17) is 4.74 Å². The van der Waals surface area contributed by atoms with Crippen molar-refractivity contribution in [2.45, 2.75) is 45.8 Å². The third kappa shape index (κ3) is 3.12. The van der Waals surface area contributed by atoms with E-state index in [-0.39, 0.29) is 17.5 Å². The van der Waals surface area contributed by atoms with Crippen molar-refractivity contribution in [3.8, 4) is 0 Å². The molecule has 0 aromatic carbocycles. The second kappa shape index (κ2) is 5.77. The molecule has 0 bridgehead atoms. The van der Waals surface area contributed by atoms with Crippen LogP contribution in [0, 0.1) is 13.8 Å². The number of carbonyl (C=O) groups is 2. The zero-order valence-electron chi connectivity index (χ0n) is 13.1. The Morgan fingerprint density at radius 3 is 2.74 bits per heavy atom. The monoisotopic (exact) mass is 335 g/mol. The molecule has 0 radical (unpaired) electrons. The summed E-state index contributed by atoms with van der Waals surface area (Å²) in [6, 6.07) is 0.209. The minimum Gasteiger partial charge on any atom is -0.448 e. The van der Waals surface area contributed by atoms with Crippen molar-refractivity contribution in [1.82, 2.24) is 15.3 Å². The molecule has 0 spiro atoms. The maximum Gasteiger partial charge on any atom is 0.349 e. The molecule has 1 aliphatic rings. The number of hydrogen-bond acceptors (Lipinski definition) is 6. The van der Waals surface area contributed by atoms with Gasteiger partial charge in [-0.1, -0.05) is 0 Å². The predicted molar refractivity (Wildman–Crippen MR) is 85.8 cm³/mol. The van der Waals surface area contributed by atoms with Crippen LogP contribution in [0.1, 0.15) is 40.8 Å². The van der Waals surface area contributed by atoms with E-state index in [1.54, 1.807) is 13.8 Å². The number of rotatable bonds is 4. The van der Waals surface area contributed by atoms with Gasteiger partial charge in [0.25, 0.3) is 11.5 Å². The molecule has 23 heavy (non-hydrogen) atoms. The average Bonchev–Trinajstić information content (AvgIpc) is 3.20. The van der Waals surface area contributed by atoms with Gasteiger partial charge in [0.1, 0.15) is 15.5 Å². The molecule has 8 heteroatoms. The van der Waals surface area contributed by atoms with E-state index in [0.29, 0.717) is 26.5 Å². The highest BCUT2D eigenvalue weighted by molar-refractivity contribution is 7.20. The molecule has 0 saturated heterocycles. The smallest absolute Gasteiger partial charge is 0.349 e.